The van der Waals surface area contributed by atoms with Crippen molar-refractivity contribution in [3.8, 4) is 0 Å². The fraction of sp³-hybridized carbons (Fsp3) is 0.571. The Bertz CT molecular complexity index is 420. The molecule has 98 valence electrons. The molecule has 1 aromatic heterocycles. The fourth-order valence-electron chi connectivity index (χ4n) is 2.51. The van der Waals surface area contributed by atoms with Crippen molar-refractivity contribution in [3.05, 3.63) is 29.6 Å². The first-order valence-corrected chi connectivity index (χ1v) is 6.40. The number of aryl methyl sites for hydroxylation is 1. The summed E-state index contributed by atoms with van der Waals surface area (Å²) in [5.74, 6) is 0.522. The number of nitrogens with zero attached hydrogens (tertiary/aromatic N) is 2. The second-order valence-corrected chi connectivity index (χ2v) is 4.84. The molecule has 1 atom stereocenters. The number of hydrogen-bond acceptors (Lipinski definition) is 3. The molecule has 0 bridgehead atoms. The largest absolute Gasteiger partial charge is 0.375 e. The summed E-state index contributed by atoms with van der Waals surface area (Å²) in [5, 5.41) is 0. The zero-order valence-corrected chi connectivity index (χ0v) is 11.1. The second kappa shape index (κ2) is 5.96. The maximum Gasteiger partial charge on any atom is 0.248 e. The van der Waals surface area contributed by atoms with Crippen LogP contribution in [0, 0.1) is 6.92 Å². The van der Waals surface area contributed by atoms with Gasteiger partial charge in [0.05, 0.1) is 0 Å². The Morgan fingerprint density at radius 1 is 1.61 bits per heavy atom. The summed E-state index contributed by atoms with van der Waals surface area (Å²) in [7, 11) is 1.56. The van der Waals surface area contributed by atoms with E-state index in [1.54, 1.807) is 7.11 Å². The Hall–Kier alpha value is -1.42. The van der Waals surface area contributed by atoms with Gasteiger partial charge in [-0.1, -0.05) is 0 Å². The molecular formula is C14H20N2O2. The zero-order chi connectivity index (χ0) is 13.0. The summed E-state index contributed by atoms with van der Waals surface area (Å²) in [6.45, 7) is 3.83. The molecule has 2 heterocycles. The number of carbonyl (C=O) groups is 1. The predicted octanol–water partition coefficient (Wildman–Crippen LogP) is 1.74. The van der Waals surface area contributed by atoms with Gasteiger partial charge in [0.2, 0.25) is 5.91 Å². The first-order valence-electron chi connectivity index (χ1n) is 6.40. The van der Waals surface area contributed by atoms with Crippen molar-refractivity contribution in [2.45, 2.75) is 25.7 Å². The van der Waals surface area contributed by atoms with Crippen LogP contribution in [-0.2, 0) is 9.53 Å². The van der Waals surface area contributed by atoms with Crippen LogP contribution in [0.25, 0.3) is 0 Å². The van der Waals surface area contributed by atoms with Crippen LogP contribution in [0.15, 0.2) is 18.3 Å². The van der Waals surface area contributed by atoms with Crippen LogP contribution in [-0.4, -0.2) is 42.6 Å². The van der Waals surface area contributed by atoms with E-state index in [-0.39, 0.29) is 12.5 Å². The van der Waals surface area contributed by atoms with Crippen LogP contribution in [0.5, 0.6) is 0 Å². The van der Waals surface area contributed by atoms with Crippen LogP contribution in [0.3, 0.4) is 0 Å². The lowest BCUT2D eigenvalue weighted by Crippen LogP contribution is -2.40. The smallest absolute Gasteiger partial charge is 0.248 e. The molecule has 2 rings (SSSR count). The van der Waals surface area contributed by atoms with Gasteiger partial charge in [0.25, 0.3) is 0 Å². The Labute approximate surface area is 108 Å². The molecule has 1 amide bonds. The first kappa shape index (κ1) is 13.0. The summed E-state index contributed by atoms with van der Waals surface area (Å²) in [6.07, 6.45) is 4.04. The highest BCUT2D eigenvalue weighted by atomic mass is 16.5. The van der Waals surface area contributed by atoms with Crippen molar-refractivity contribution in [2.75, 3.05) is 26.8 Å². The van der Waals surface area contributed by atoms with E-state index in [1.807, 2.05) is 18.0 Å². The van der Waals surface area contributed by atoms with Crippen molar-refractivity contribution in [1.82, 2.24) is 9.88 Å². The minimum atomic E-state index is 0.0907. The third-order valence-corrected chi connectivity index (χ3v) is 3.43. The molecule has 0 spiro atoms. The van der Waals surface area contributed by atoms with Crippen LogP contribution in [0.2, 0.25) is 0 Å². The van der Waals surface area contributed by atoms with Gasteiger partial charge in [-0.25, -0.2) is 0 Å². The van der Waals surface area contributed by atoms with Gasteiger partial charge in [0.1, 0.15) is 6.61 Å². The van der Waals surface area contributed by atoms with E-state index in [1.165, 1.54) is 5.56 Å². The molecule has 1 aromatic rings. The molecule has 0 N–H and O–H groups in total. The summed E-state index contributed by atoms with van der Waals surface area (Å²) in [4.78, 5) is 18.0. The Balaban J connectivity index is 2.04. The Morgan fingerprint density at radius 3 is 3.17 bits per heavy atom. The van der Waals surface area contributed by atoms with Crippen molar-refractivity contribution < 1.29 is 9.53 Å². The average Bonchev–Trinajstić information content (AvgIpc) is 2.39. The quantitative estimate of drug-likeness (QED) is 0.818. The predicted molar refractivity (Wildman–Crippen MR) is 69.4 cm³/mol. The molecule has 0 saturated carbocycles. The number of ether oxygens (including phenoxy) is 1. The highest BCUT2D eigenvalue weighted by molar-refractivity contribution is 5.77. The molecule has 0 unspecified atom stereocenters. The lowest BCUT2D eigenvalue weighted by molar-refractivity contribution is -0.136. The number of carbonyl (C=O) groups excluding carboxylic acids is 1. The van der Waals surface area contributed by atoms with Crippen molar-refractivity contribution in [3.63, 3.8) is 0 Å². The SMILES string of the molecule is COCC(=O)N1CCC[C@@H](c2ccnc(C)c2)C1. The topological polar surface area (TPSA) is 42.4 Å². The van der Waals surface area contributed by atoms with Crippen LogP contribution >= 0.6 is 0 Å². The van der Waals surface area contributed by atoms with E-state index in [9.17, 15) is 4.79 Å². The molecule has 0 radical (unpaired) electrons. The maximum absolute atomic E-state index is 11.8. The number of likely N-dealkylation sites (tertiary alicyclic amines) is 1. The molecule has 1 aliphatic rings. The number of pyridine rings is 1. The van der Waals surface area contributed by atoms with Gasteiger partial charge in [-0.2, -0.15) is 0 Å². The van der Waals surface area contributed by atoms with Crippen molar-refractivity contribution in [2.24, 2.45) is 0 Å². The third-order valence-electron chi connectivity index (χ3n) is 3.43. The molecule has 1 fully saturated rings. The fourth-order valence-corrected chi connectivity index (χ4v) is 2.51. The molecule has 4 nitrogen and oxygen atoms in total. The Morgan fingerprint density at radius 2 is 2.44 bits per heavy atom. The number of amides is 1. The molecule has 1 saturated heterocycles. The van der Waals surface area contributed by atoms with Gasteiger partial charge in [-0.3, -0.25) is 9.78 Å². The number of piperidine rings is 1. The molecule has 18 heavy (non-hydrogen) atoms. The van der Waals surface area contributed by atoms with E-state index in [4.69, 9.17) is 4.74 Å². The Kier molecular flexibility index (Phi) is 4.31. The highest BCUT2D eigenvalue weighted by Crippen LogP contribution is 2.26. The van der Waals surface area contributed by atoms with E-state index < -0.39 is 0 Å². The molecule has 0 aliphatic carbocycles. The number of methoxy groups -OCH3 is 1. The van der Waals surface area contributed by atoms with Gasteiger partial charge in [-0.15, -0.1) is 0 Å². The summed E-state index contributed by atoms with van der Waals surface area (Å²) < 4.78 is 4.92. The van der Waals surface area contributed by atoms with Crippen LogP contribution in [0.4, 0.5) is 0 Å². The molecule has 0 aromatic carbocycles. The first-order chi connectivity index (χ1) is 8.70. The monoisotopic (exact) mass is 248 g/mol. The summed E-state index contributed by atoms with van der Waals surface area (Å²) in [5.41, 5.74) is 2.32. The van der Waals surface area contributed by atoms with Crippen molar-refractivity contribution in [1.29, 1.82) is 0 Å². The number of hydrogen-bond donors (Lipinski definition) is 0. The normalized spacial score (nSPS) is 19.9. The third kappa shape index (κ3) is 3.07. The van der Waals surface area contributed by atoms with Gasteiger partial charge >= 0.3 is 0 Å². The number of aromatic nitrogens is 1. The maximum atomic E-state index is 11.8. The lowest BCUT2D eigenvalue weighted by Gasteiger charge is -2.33. The minimum Gasteiger partial charge on any atom is -0.375 e. The zero-order valence-electron chi connectivity index (χ0n) is 11.1. The number of rotatable bonds is 3. The van der Waals surface area contributed by atoms with E-state index in [0.717, 1.165) is 31.6 Å². The average molecular weight is 248 g/mol. The van der Waals surface area contributed by atoms with Crippen molar-refractivity contribution >= 4 is 5.91 Å². The summed E-state index contributed by atoms with van der Waals surface area (Å²) in [6, 6.07) is 4.18. The van der Waals surface area contributed by atoms with Gasteiger partial charge in [0, 0.05) is 38.0 Å². The van der Waals surface area contributed by atoms with Crippen LogP contribution in [0.1, 0.15) is 30.0 Å². The van der Waals surface area contributed by atoms with Gasteiger partial charge in [-0.05, 0) is 37.5 Å². The van der Waals surface area contributed by atoms with E-state index in [2.05, 4.69) is 17.1 Å². The van der Waals surface area contributed by atoms with Crippen LogP contribution < -0.4 is 0 Å². The second-order valence-electron chi connectivity index (χ2n) is 4.84. The van der Waals surface area contributed by atoms with Gasteiger partial charge in [0.15, 0.2) is 0 Å². The molecule has 4 heteroatoms. The standard InChI is InChI=1S/C14H20N2O2/c1-11-8-12(5-6-15-11)13-4-3-7-16(9-13)14(17)10-18-2/h5-6,8,13H,3-4,7,9-10H2,1-2H3/t13-/m1/s1. The summed E-state index contributed by atoms with van der Waals surface area (Å²) >= 11 is 0. The molecular weight excluding hydrogens is 228 g/mol. The van der Waals surface area contributed by atoms with E-state index in [0.29, 0.717) is 5.92 Å². The lowest BCUT2D eigenvalue weighted by atomic mass is 9.91. The molecule has 1 aliphatic heterocycles. The highest BCUT2D eigenvalue weighted by Gasteiger charge is 2.24. The van der Waals surface area contributed by atoms with E-state index >= 15 is 0 Å². The van der Waals surface area contributed by atoms with Gasteiger partial charge < -0.3 is 9.64 Å². The minimum absolute atomic E-state index is 0.0907.